The van der Waals surface area contributed by atoms with Gasteiger partial charge in [0.05, 0.1) is 11.6 Å². The summed E-state index contributed by atoms with van der Waals surface area (Å²) in [5.74, 6) is -0.934. The molecule has 0 saturated heterocycles. The Morgan fingerprint density at radius 2 is 1.54 bits per heavy atom. The molecule has 1 aliphatic heterocycles. The first-order valence-electron chi connectivity index (χ1n) is 8.31. The molecule has 0 aromatic heterocycles. The van der Waals surface area contributed by atoms with Crippen LogP contribution in [0, 0.1) is 0 Å². The van der Waals surface area contributed by atoms with E-state index in [0.29, 0.717) is 11.4 Å². The average molecular weight is 345 g/mol. The molecule has 26 heavy (non-hydrogen) atoms. The van der Waals surface area contributed by atoms with E-state index in [1.807, 2.05) is 55.6 Å². The maximum Gasteiger partial charge on any atom is 0.335 e. The Labute approximate surface area is 151 Å². The van der Waals surface area contributed by atoms with Crippen molar-refractivity contribution < 1.29 is 9.90 Å². The minimum atomic E-state index is -0.934. The largest absolute Gasteiger partial charge is 0.478 e. The van der Waals surface area contributed by atoms with Gasteiger partial charge in [0.1, 0.15) is 0 Å². The molecule has 1 aliphatic rings. The molecule has 1 unspecified atom stereocenters. The van der Waals surface area contributed by atoms with Crippen LogP contribution in [0.15, 0.2) is 60.7 Å². The Balaban J connectivity index is 1.92. The van der Waals surface area contributed by atoms with E-state index < -0.39 is 5.97 Å². The van der Waals surface area contributed by atoms with Crippen molar-refractivity contribution in [2.45, 2.75) is 6.04 Å². The lowest BCUT2D eigenvalue weighted by atomic mass is 9.84. The molecule has 1 heterocycles. The Bertz CT molecular complexity index is 1010. The van der Waals surface area contributed by atoms with Crippen LogP contribution in [0.4, 0.5) is 17.1 Å². The molecule has 5 nitrogen and oxygen atoms in total. The second-order valence-electron chi connectivity index (χ2n) is 6.56. The van der Waals surface area contributed by atoms with Gasteiger partial charge in [-0.05, 0) is 53.1 Å². The Morgan fingerprint density at radius 3 is 2.19 bits per heavy atom. The minimum absolute atomic E-state index is 0.0781. The van der Waals surface area contributed by atoms with Gasteiger partial charge in [0.15, 0.2) is 0 Å². The van der Waals surface area contributed by atoms with Crippen LogP contribution in [0.5, 0.6) is 0 Å². The van der Waals surface area contributed by atoms with E-state index in [1.54, 1.807) is 12.1 Å². The first-order chi connectivity index (χ1) is 12.5. The highest BCUT2D eigenvalue weighted by molar-refractivity contribution is 5.89. The van der Waals surface area contributed by atoms with Gasteiger partial charge in [-0.1, -0.05) is 24.3 Å². The summed E-state index contributed by atoms with van der Waals surface area (Å²) in [6, 6.07) is 18.7. The summed E-state index contributed by atoms with van der Waals surface area (Å²) >= 11 is 0. The fourth-order valence-electron chi connectivity index (χ4n) is 3.68. The predicted molar refractivity (Wildman–Crippen MR) is 104 cm³/mol. The number of carboxylic acid groups (broad SMARTS) is 1. The van der Waals surface area contributed by atoms with E-state index in [-0.39, 0.29) is 11.6 Å². The van der Waals surface area contributed by atoms with Crippen LogP contribution in [-0.2, 0) is 0 Å². The number of nitrogens with zero attached hydrogens (tertiary/aromatic N) is 1. The van der Waals surface area contributed by atoms with Gasteiger partial charge in [-0.2, -0.15) is 0 Å². The molecule has 4 rings (SSSR count). The summed E-state index contributed by atoms with van der Waals surface area (Å²) in [5.41, 5.74) is 19.1. The lowest BCUT2D eigenvalue weighted by molar-refractivity contribution is 0.0697. The van der Waals surface area contributed by atoms with Gasteiger partial charge in [-0.25, -0.2) is 4.79 Å². The third-order valence-corrected chi connectivity index (χ3v) is 4.92. The summed E-state index contributed by atoms with van der Waals surface area (Å²) in [6.45, 7) is 0. The highest BCUT2D eigenvalue weighted by atomic mass is 16.4. The lowest BCUT2D eigenvalue weighted by Gasteiger charge is -2.38. The number of carboxylic acids is 1. The quantitative estimate of drug-likeness (QED) is 0.615. The molecule has 0 spiro atoms. The molecule has 0 bridgehead atoms. The fourth-order valence-corrected chi connectivity index (χ4v) is 3.68. The number of nitrogen functional groups attached to an aromatic ring is 2. The van der Waals surface area contributed by atoms with E-state index in [0.717, 1.165) is 27.9 Å². The third-order valence-electron chi connectivity index (χ3n) is 4.92. The number of aromatic carboxylic acids is 1. The van der Waals surface area contributed by atoms with Gasteiger partial charge in [0, 0.05) is 29.7 Å². The lowest BCUT2D eigenvalue weighted by Crippen LogP contribution is -2.29. The Morgan fingerprint density at radius 1 is 0.923 bits per heavy atom. The van der Waals surface area contributed by atoms with Gasteiger partial charge in [-0.15, -0.1) is 0 Å². The molecule has 1 atom stereocenters. The number of fused-ring (bicyclic) bond motifs is 3. The highest BCUT2D eigenvalue weighted by Crippen LogP contribution is 2.47. The second-order valence-corrected chi connectivity index (χ2v) is 6.56. The van der Waals surface area contributed by atoms with Crippen molar-refractivity contribution in [2.75, 3.05) is 23.4 Å². The predicted octanol–water partition coefficient (Wildman–Crippen LogP) is 3.76. The summed E-state index contributed by atoms with van der Waals surface area (Å²) in [7, 11) is 2.01. The maximum absolute atomic E-state index is 11.2. The molecule has 0 amide bonds. The topological polar surface area (TPSA) is 92.6 Å². The number of hydrogen-bond acceptors (Lipinski definition) is 4. The van der Waals surface area contributed by atoms with Crippen molar-refractivity contribution in [1.82, 2.24) is 0 Å². The van der Waals surface area contributed by atoms with E-state index in [4.69, 9.17) is 16.6 Å². The normalized spacial score (nSPS) is 15.3. The third kappa shape index (κ3) is 2.45. The molecule has 5 N–H and O–H groups in total. The first kappa shape index (κ1) is 16.0. The Kier molecular flexibility index (Phi) is 3.58. The monoisotopic (exact) mass is 345 g/mol. The van der Waals surface area contributed by atoms with Crippen LogP contribution in [-0.4, -0.2) is 18.1 Å². The standard InChI is InChI=1S/C21H19N3O2/c1-24-19-11-15(23)7-9-17(19)16-8-6-14(22)10-18(16)20(24)12-2-4-13(5-3-12)21(25)26/h2-11,20H,22-23H2,1H3,(H,25,26). The zero-order valence-electron chi connectivity index (χ0n) is 14.3. The molecule has 0 saturated carbocycles. The summed E-state index contributed by atoms with van der Waals surface area (Å²) in [5, 5.41) is 9.15. The van der Waals surface area contributed by atoms with Crippen molar-refractivity contribution in [2.24, 2.45) is 0 Å². The minimum Gasteiger partial charge on any atom is -0.478 e. The number of anilines is 3. The molecular formula is C21H19N3O2. The number of nitrogens with two attached hydrogens (primary N) is 2. The van der Waals surface area contributed by atoms with Crippen LogP contribution in [0.2, 0.25) is 0 Å². The molecule has 5 heteroatoms. The first-order valence-corrected chi connectivity index (χ1v) is 8.31. The van der Waals surface area contributed by atoms with Crippen molar-refractivity contribution in [3.63, 3.8) is 0 Å². The summed E-state index contributed by atoms with van der Waals surface area (Å²) < 4.78 is 0. The molecule has 0 aliphatic carbocycles. The van der Waals surface area contributed by atoms with E-state index in [1.165, 1.54) is 0 Å². The summed E-state index contributed by atoms with van der Waals surface area (Å²) in [4.78, 5) is 13.3. The van der Waals surface area contributed by atoms with E-state index >= 15 is 0 Å². The molecular weight excluding hydrogens is 326 g/mol. The number of rotatable bonds is 2. The molecule has 0 fully saturated rings. The Hall–Kier alpha value is -3.47. The fraction of sp³-hybridized carbons (Fsp3) is 0.0952. The maximum atomic E-state index is 11.2. The number of carbonyl (C=O) groups is 1. The van der Waals surface area contributed by atoms with Gasteiger partial charge >= 0.3 is 5.97 Å². The zero-order valence-corrected chi connectivity index (χ0v) is 14.3. The second kappa shape index (κ2) is 5.81. The molecule has 3 aromatic carbocycles. The van der Waals surface area contributed by atoms with Crippen molar-refractivity contribution in [3.05, 3.63) is 77.4 Å². The average Bonchev–Trinajstić information content (AvgIpc) is 2.62. The molecule has 3 aromatic rings. The van der Waals surface area contributed by atoms with E-state index in [9.17, 15) is 4.79 Å². The van der Waals surface area contributed by atoms with Crippen LogP contribution in [0.3, 0.4) is 0 Å². The van der Waals surface area contributed by atoms with Crippen molar-refractivity contribution in [1.29, 1.82) is 0 Å². The van der Waals surface area contributed by atoms with Gasteiger partial charge in [-0.3, -0.25) is 0 Å². The van der Waals surface area contributed by atoms with Crippen LogP contribution in [0.1, 0.15) is 27.5 Å². The molecule has 0 radical (unpaired) electrons. The zero-order chi connectivity index (χ0) is 18.4. The SMILES string of the molecule is CN1c2cc(N)ccc2-c2ccc(N)cc2C1c1ccc(C(=O)O)cc1. The smallest absolute Gasteiger partial charge is 0.335 e. The van der Waals surface area contributed by atoms with Gasteiger partial charge in [0.25, 0.3) is 0 Å². The van der Waals surface area contributed by atoms with Crippen LogP contribution >= 0.6 is 0 Å². The van der Waals surface area contributed by atoms with Crippen molar-refractivity contribution >= 4 is 23.0 Å². The van der Waals surface area contributed by atoms with E-state index in [2.05, 4.69) is 4.90 Å². The number of hydrogen-bond donors (Lipinski definition) is 3. The van der Waals surface area contributed by atoms with Crippen molar-refractivity contribution in [3.8, 4) is 11.1 Å². The highest BCUT2D eigenvalue weighted by Gasteiger charge is 2.30. The summed E-state index contributed by atoms with van der Waals surface area (Å²) in [6.07, 6.45) is 0. The molecule has 130 valence electrons. The van der Waals surface area contributed by atoms with Crippen LogP contribution in [0.25, 0.3) is 11.1 Å². The van der Waals surface area contributed by atoms with Gasteiger partial charge in [0.2, 0.25) is 0 Å². The number of benzene rings is 3. The van der Waals surface area contributed by atoms with Gasteiger partial charge < -0.3 is 21.5 Å². The van der Waals surface area contributed by atoms with Crippen LogP contribution < -0.4 is 16.4 Å².